The van der Waals surface area contributed by atoms with Gasteiger partial charge in [0.1, 0.15) is 0 Å². The standard InChI is InChI=1S/C8H9BO3.C2H6O/c1-6(10)7-2-4-8(5-3-7)9(11)12;1-2-3/h2-5,11-12H,1H3;3H,2H2,1H3. The quantitative estimate of drug-likeness (QED) is 0.457. The Kier molecular flexibility index (Phi) is 6.61. The predicted molar refractivity (Wildman–Crippen MR) is 59.0 cm³/mol. The lowest BCUT2D eigenvalue weighted by atomic mass is 9.80. The Morgan fingerprint density at radius 1 is 1.27 bits per heavy atom. The zero-order valence-electron chi connectivity index (χ0n) is 8.84. The topological polar surface area (TPSA) is 77.8 Å². The largest absolute Gasteiger partial charge is 0.488 e. The highest BCUT2D eigenvalue weighted by Gasteiger charge is 2.10. The average molecular weight is 210 g/mol. The third-order valence-corrected chi connectivity index (χ3v) is 1.62. The molecule has 0 radical (unpaired) electrons. The van der Waals surface area contributed by atoms with Crippen LogP contribution in [0.5, 0.6) is 0 Å². The van der Waals surface area contributed by atoms with E-state index in [0.29, 0.717) is 11.0 Å². The van der Waals surface area contributed by atoms with Crippen molar-refractivity contribution in [2.45, 2.75) is 13.8 Å². The summed E-state index contributed by atoms with van der Waals surface area (Å²) in [5.74, 6) is -0.0334. The molecule has 0 aliphatic heterocycles. The van der Waals surface area contributed by atoms with Gasteiger partial charge in [-0.3, -0.25) is 4.79 Å². The summed E-state index contributed by atoms with van der Waals surface area (Å²) in [6.45, 7) is 3.39. The predicted octanol–water partition coefficient (Wildman–Crippen LogP) is -0.432. The van der Waals surface area contributed by atoms with Crippen molar-refractivity contribution in [2.75, 3.05) is 6.61 Å². The molecule has 5 heteroatoms. The molecule has 0 unspecified atom stereocenters. The van der Waals surface area contributed by atoms with Gasteiger partial charge in [-0.05, 0) is 19.3 Å². The minimum atomic E-state index is -1.47. The summed E-state index contributed by atoms with van der Waals surface area (Å²) in [5.41, 5.74) is 0.958. The van der Waals surface area contributed by atoms with Crippen LogP contribution < -0.4 is 5.46 Å². The summed E-state index contributed by atoms with van der Waals surface area (Å²) in [4.78, 5) is 10.8. The van der Waals surface area contributed by atoms with E-state index in [1.54, 1.807) is 19.1 Å². The molecule has 0 aliphatic carbocycles. The molecule has 0 amide bonds. The van der Waals surface area contributed by atoms with Crippen molar-refractivity contribution >= 4 is 18.4 Å². The fourth-order valence-corrected chi connectivity index (χ4v) is 0.890. The van der Waals surface area contributed by atoms with E-state index in [1.807, 2.05) is 0 Å². The number of rotatable bonds is 2. The monoisotopic (exact) mass is 210 g/mol. The van der Waals surface area contributed by atoms with Gasteiger partial charge in [-0.2, -0.15) is 0 Å². The Hall–Kier alpha value is -1.17. The first-order valence-corrected chi connectivity index (χ1v) is 4.60. The minimum Gasteiger partial charge on any atom is -0.423 e. The summed E-state index contributed by atoms with van der Waals surface area (Å²) >= 11 is 0. The van der Waals surface area contributed by atoms with Crippen LogP contribution in [0, 0.1) is 0 Å². The molecule has 3 N–H and O–H groups in total. The molecule has 1 aromatic carbocycles. The number of benzene rings is 1. The van der Waals surface area contributed by atoms with Gasteiger partial charge in [0.25, 0.3) is 0 Å². The van der Waals surface area contributed by atoms with Crippen molar-refractivity contribution < 1.29 is 19.9 Å². The first-order chi connectivity index (χ1) is 7.02. The lowest BCUT2D eigenvalue weighted by molar-refractivity contribution is 0.101. The van der Waals surface area contributed by atoms with Crippen molar-refractivity contribution in [2.24, 2.45) is 0 Å². The maximum atomic E-state index is 10.8. The van der Waals surface area contributed by atoms with Crippen molar-refractivity contribution in [1.29, 1.82) is 0 Å². The molecule has 4 nitrogen and oxygen atoms in total. The van der Waals surface area contributed by atoms with Gasteiger partial charge >= 0.3 is 7.12 Å². The molecule has 1 rings (SSSR count). The summed E-state index contributed by atoms with van der Waals surface area (Å²) in [6, 6.07) is 6.16. The van der Waals surface area contributed by atoms with Gasteiger partial charge in [0, 0.05) is 12.2 Å². The number of aliphatic hydroxyl groups excluding tert-OH is 1. The van der Waals surface area contributed by atoms with Crippen molar-refractivity contribution in [3.05, 3.63) is 29.8 Å². The van der Waals surface area contributed by atoms with E-state index in [4.69, 9.17) is 15.2 Å². The lowest BCUT2D eigenvalue weighted by Gasteiger charge is -1.99. The summed E-state index contributed by atoms with van der Waals surface area (Å²) in [7, 11) is -1.47. The van der Waals surface area contributed by atoms with Crippen LogP contribution >= 0.6 is 0 Å². The molecule has 82 valence electrons. The van der Waals surface area contributed by atoms with Gasteiger partial charge in [-0.25, -0.2) is 0 Å². The Bertz CT molecular complexity index is 295. The van der Waals surface area contributed by atoms with Crippen LogP contribution in [0.25, 0.3) is 0 Å². The molecule has 0 aromatic heterocycles. The Balaban J connectivity index is 0.000000583. The first-order valence-electron chi connectivity index (χ1n) is 4.60. The molecule has 0 heterocycles. The normalized spacial score (nSPS) is 8.87. The highest BCUT2D eigenvalue weighted by molar-refractivity contribution is 6.58. The second-order valence-corrected chi connectivity index (χ2v) is 2.87. The van der Waals surface area contributed by atoms with E-state index in [0.717, 1.165) is 0 Å². The SMILES string of the molecule is CC(=O)c1ccc(B(O)O)cc1.CCO. The fourth-order valence-electron chi connectivity index (χ4n) is 0.890. The minimum absolute atomic E-state index is 0.0334. The lowest BCUT2D eigenvalue weighted by Crippen LogP contribution is -2.29. The zero-order chi connectivity index (χ0) is 11.8. The molecule has 0 fully saturated rings. The van der Waals surface area contributed by atoms with Crippen LogP contribution in [0.3, 0.4) is 0 Å². The van der Waals surface area contributed by atoms with E-state index in [-0.39, 0.29) is 12.4 Å². The number of ketones is 1. The van der Waals surface area contributed by atoms with Gasteiger partial charge in [0.2, 0.25) is 0 Å². The smallest absolute Gasteiger partial charge is 0.423 e. The maximum absolute atomic E-state index is 10.8. The van der Waals surface area contributed by atoms with Crippen molar-refractivity contribution in [1.82, 2.24) is 0 Å². The molecule has 1 aromatic rings. The molecular formula is C10H15BO4. The number of hydrogen-bond donors (Lipinski definition) is 3. The number of aliphatic hydroxyl groups is 1. The fraction of sp³-hybridized carbons (Fsp3) is 0.300. The second-order valence-electron chi connectivity index (χ2n) is 2.87. The molecule has 0 saturated heterocycles. The van der Waals surface area contributed by atoms with Crippen LogP contribution in [-0.2, 0) is 0 Å². The van der Waals surface area contributed by atoms with E-state index < -0.39 is 7.12 Å². The highest BCUT2D eigenvalue weighted by atomic mass is 16.4. The summed E-state index contributed by atoms with van der Waals surface area (Å²) in [5, 5.41) is 25.0. The second kappa shape index (κ2) is 7.17. The third-order valence-electron chi connectivity index (χ3n) is 1.62. The number of carbonyl (C=O) groups is 1. The third kappa shape index (κ3) is 5.32. The molecule has 0 saturated carbocycles. The van der Waals surface area contributed by atoms with Gasteiger partial charge in [-0.1, -0.05) is 24.3 Å². The number of carbonyl (C=O) groups excluding carboxylic acids is 1. The van der Waals surface area contributed by atoms with Crippen LogP contribution in [0.1, 0.15) is 24.2 Å². The number of hydrogen-bond acceptors (Lipinski definition) is 4. The van der Waals surface area contributed by atoms with Crippen LogP contribution in [0.2, 0.25) is 0 Å². The zero-order valence-corrected chi connectivity index (χ0v) is 8.84. The van der Waals surface area contributed by atoms with Crippen LogP contribution in [-0.4, -0.2) is 34.7 Å². The molecular weight excluding hydrogens is 195 g/mol. The Labute approximate surface area is 89.3 Å². The molecule has 15 heavy (non-hydrogen) atoms. The van der Waals surface area contributed by atoms with Crippen LogP contribution in [0.15, 0.2) is 24.3 Å². The van der Waals surface area contributed by atoms with E-state index in [1.165, 1.54) is 19.1 Å². The van der Waals surface area contributed by atoms with Gasteiger partial charge in [0.05, 0.1) is 0 Å². The van der Waals surface area contributed by atoms with Crippen LogP contribution in [0.4, 0.5) is 0 Å². The van der Waals surface area contributed by atoms with Crippen molar-refractivity contribution in [3.63, 3.8) is 0 Å². The van der Waals surface area contributed by atoms with E-state index in [9.17, 15) is 4.79 Å². The van der Waals surface area contributed by atoms with Crippen molar-refractivity contribution in [3.8, 4) is 0 Å². The Morgan fingerprint density at radius 3 is 1.93 bits per heavy atom. The molecule has 0 bridgehead atoms. The molecule has 0 aliphatic rings. The van der Waals surface area contributed by atoms with Gasteiger partial charge in [0.15, 0.2) is 5.78 Å². The maximum Gasteiger partial charge on any atom is 0.488 e. The first kappa shape index (κ1) is 13.8. The van der Waals surface area contributed by atoms with E-state index >= 15 is 0 Å². The average Bonchev–Trinajstić information content (AvgIpc) is 2.19. The molecule has 0 spiro atoms. The summed E-state index contributed by atoms with van der Waals surface area (Å²) in [6.07, 6.45) is 0. The van der Waals surface area contributed by atoms with Gasteiger partial charge in [-0.15, -0.1) is 0 Å². The highest BCUT2D eigenvalue weighted by Crippen LogP contribution is 1.97. The summed E-state index contributed by atoms with van der Waals surface area (Å²) < 4.78 is 0. The van der Waals surface area contributed by atoms with Gasteiger partial charge < -0.3 is 15.2 Å². The Morgan fingerprint density at radius 2 is 1.67 bits per heavy atom. The van der Waals surface area contributed by atoms with E-state index in [2.05, 4.69) is 0 Å². The number of Topliss-reactive ketones (excluding diaryl/α,β-unsaturated/α-hetero) is 1. The molecule has 0 atom stereocenters.